The average molecular weight is 593 g/mol. The van der Waals surface area contributed by atoms with Crippen molar-refractivity contribution in [2.75, 3.05) is 6.54 Å². The number of amides is 2. The van der Waals surface area contributed by atoms with Gasteiger partial charge < -0.3 is 10.1 Å². The lowest BCUT2D eigenvalue weighted by Gasteiger charge is -2.09. The first kappa shape index (κ1) is 30.5. The number of carbonyl (C=O) groups is 3. The molecule has 0 saturated carbocycles. The molecule has 2 aromatic rings. The summed E-state index contributed by atoms with van der Waals surface area (Å²) in [5.74, 6) is -0.967. The third-order valence-electron chi connectivity index (χ3n) is 5.61. The van der Waals surface area contributed by atoms with Gasteiger partial charge in [-0.05, 0) is 36.8 Å². The fourth-order valence-electron chi connectivity index (χ4n) is 3.57. The van der Waals surface area contributed by atoms with E-state index in [9.17, 15) is 14.4 Å². The lowest BCUT2D eigenvalue weighted by Crippen LogP contribution is -2.34. The second-order valence-corrected chi connectivity index (χ2v) is 10.0. The number of halogens is 2. The van der Waals surface area contributed by atoms with Gasteiger partial charge in [0.2, 0.25) is 5.91 Å². The molecular formula is C28H35BrClN3O4. The van der Waals surface area contributed by atoms with Crippen LogP contribution in [0.5, 0.6) is 5.75 Å². The number of nitrogens with zero attached hydrogens (tertiary/aromatic N) is 1. The zero-order valence-electron chi connectivity index (χ0n) is 21.2. The van der Waals surface area contributed by atoms with Gasteiger partial charge in [0.1, 0.15) is 5.75 Å². The molecule has 37 heavy (non-hydrogen) atoms. The van der Waals surface area contributed by atoms with Crippen LogP contribution >= 0.6 is 27.5 Å². The maximum atomic E-state index is 12.5. The van der Waals surface area contributed by atoms with E-state index < -0.39 is 11.9 Å². The first-order chi connectivity index (χ1) is 17.9. The Morgan fingerprint density at radius 1 is 0.946 bits per heavy atom. The molecule has 0 atom stereocenters. The van der Waals surface area contributed by atoms with Gasteiger partial charge in [0.05, 0.1) is 23.3 Å². The van der Waals surface area contributed by atoms with Crippen LogP contribution in [-0.4, -0.2) is 30.5 Å². The predicted molar refractivity (Wildman–Crippen MR) is 151 cm³/mol. The molecule has 0 heterocycles. The van der Waals surface area contributed by atoms with Gasteiger partial charge in [-0.2, -0.15) is 5.10 Å². The summed E-state index contributed by atoms with van der Waals surface area (Å²) in [7, 11) is 0. The van der Waals surface area contributed by atoms with Crippen LogP contribution in [0.2, 0.25) is 5.02 Å². The Morgan fingerprint density at radius 3 is 2.32 bits per heavy atom. The number of hydrazone groups is 1. The topological polar surface area (TPSA) is 96.9 Å². The van der Waals surface area contributed by atoms with Crippen molar-refractivity contribution in [2.45, 2.75) is 71.1 Å². The Bertz CT molecular complexity index is 1060. The molecule has 9 heteroatoms. The largest absolute Gasteiger partial charge is 0.422 e. The second kappa shape index (κ2) is 17.7. The minimum absolute atomic E-state index is 0.150. The number of hydrogen-bond donors (Lipinski definition) is 2. The Balaban J connectivity index is 1.72. The van der Waals surface area contributed by atoms with Gasteiger partial charge in [-0.3, -0.25) is 9.59 Å². The summed E-state index contributed by atoms with van der Waals surface area (Å²) in [6.45, 7) is 2.05. The number of benzene rings is 2. The summed E-state index contributed by atoms with van der Waals surface area (Å²) in [5, 5.41) is 6.82. The van der Waals surface area contributed by atoms with E-state index in [1.54, 1.807) is 42.5 Å². The standard InChI is InChI=1S/C28H35BrClN3O4/c1-2-3-4-5-6-7-8-9-10-15-26(34)31-20-27(35)33-32-19-21-18-22(29)16-17-25(21)37-28(36)23-13-11-12-14-24(23)30/h11-14,16-19H,2-10,15,20H2,1H3,(H,31,34)(H,33,35)/b32-19+. The van der Waals surface area contributed by atoms with Crippen LogP contribution in [-0.2, 0) is 9.59 Å². The van der Waals surface area contributed by atoms with Crippen molar-refractivity contribution in [1.82, 2.24) is 10.7 Å². The zero-order valence-corrected chi connectivity index (χ0v) is 23.6. The summed E-state index contributed by atoms with van der Waals surface area (Å²) in [6, 6.07) is 11.6. The van der Waals surface area contributed by atoms with Gasteiger partial charge in [-0.1, -0.05) is 98.0 Å². The van der Waals surface area contributed by atoms with E-state index in [1.807, 2.05) is 0 Å². The maximum absolute atomic E-state index is 12.5. The van der Waals surface area contributed by atoms with Gasteiger partial charge in [-0.25, -0.2) is 10.2 Å². The van der Waals surface area contributed by atoms with Crippen molar-refractivity contribution < 1.29 is 19.1 Å². The number of carbonyl (C=O) groups excluding carboxylic acids is 3. The molecule has 2 N–H and O–H groups in total. The lowest BCUT2D eigenvalue weighted by atomic mass is 10.1. The highest BCUT2D eigenvalue weighted by atomic mass is 79.9. The van der Waals surface area contributed by atoms with Crippen LogP contribution in [0.15, 0.2) is 52.0 Å². The second-order valence-electron chi connectivity index (χ2n) is 8.70. The summed E-state index contributed by atoms with van der Waals surface area (Å²) in [4.78, 5) is 36.6. The SMILES string of the molecule is CCCCCCCCCCCC(=O)NCC(=O)N/N=C/c1cc(Br)ccc1OC(=O)c1ccccc1Cl. The first-order valence-electron chi connectivity index (χ1n) is 12.8. The van der Waals surface area contributed by atoms with Gasteiger partial charge >= 0.3 is 5.97 Å². The highest BCUT2D eigenvalue weighted by molar-refractivity contribution is 9.10. The van der Waals surface area contributed by atoms with E-state index in [0.717, 1.165) is 23.7 Å². The summed E-state index contributed by atoms with van der Waals surface area (Å²) in [5.41, 5.74) is 3.07. The summed E-state index contributed by atoms with van der Waals surface area (Å²) in [6.07, 6.45) is 12.4. The van der Waals surface area contributed by atoms with Gasteiger partial charge in [0.15, 0.2) is 0 Å². The van der Waals surface area contributed by atoms with E-state index in [1.165, 1.54) is 44.7 Å². The molecule has 200 valence electrons. The Labute approximate surface area is 232 Å². The molecule has 0 fully saturated rings. The van der Waals surface area contributed by atoms with Crippen molar-refractivity contribution in [3.63, 3.8) is 0 Å². The molecule has 0 radical (unpaired) electrons. The number of esters is 1. The van der Waals surface area contributed by atoms with Crippen LogP contribution in [0.25, 0.3) is 0 Å². The van der Waals surface area contributed by atoms with Gasteiger partial charge in [0, 0.05) is 16.5 Å². The summed E-state index contributed by atoms with van der Waals surface area (Å²) < 4.78 is 6.22. The fraction of sp³-hybridized carbons (Fsp3) is 0.429. The third kappa shape index (κ3) is 12.4. The van der Waals surface area contributed by atoms with Gasteiger partial charge in [-0.15, -0.1) is 0 Å². The third-order valence-corrected chi connectivity index (χ3v) is 6.44. The van der Waals surface area contributed by atoms with Crippen molar-refractivity contribution in [2.24, 2.45) is 5.10 Å². The average Bonchev–Trinajstić information content (AvgIpc) is 2.88. The number of rotatable bonds is 16. The van der Waals surface area contributed by atoms with E-state index in [4.69, 9.17) is 16.3 Å². The molecule has 2 amide bonds. The molecule has 2 rings (SSSR count). The van der Waals surface area contributed by atoms with E-state index in [0.29, 0.717) is 12.0 Å². The number of hydrogen-bond acceptors (Lipinski definition) is 5. The Kier molecular flexibility index (Phi) is 14.6. The van der Waals surface area contributed by atoms with Crippen molar-refractivity contribution >= 4 is 51.5 Å². The van der Waals surface area contributed by atoms with Crippen LogP contribution in [0.4, 0.5) is 0 Å². The van der Waals surface area contributed by atoms with Crippen LogP contribution < -0.4 is 15.5 Å². The quantitative estimate of drug-likeness (QED) is 0.0736. The molecule has 0 spiro atoms. The van der Waals surface area contributed by atoms with Crippen LogP contribution in [0.1, 0.15) is 87.1 Å². The number of nitrogens with one attached hydrogen (secondary N) is 2. The maximum Gasteiger partial charge on any atom is 0.345 e. The number of unbranched alkanes of at least 4 members (excludes halogenated alkanes) is 8. The fourth-order valence-corrected chi connectivity index (χ4v) is 4.16. The molecule has 0 saturated heterocycles. The highest BCUT2D eigenvalue weighted by Crippen LogP contribution is 2.24. The minimum Gasteiger partial charge on any atom is -0.422 e. The molecule has 0 aliphatic heterocycles. The summed E-state index contributed by atoms with van der Waals surface area (Å²) >= 11 is 9.45. The smallest absolute Gasteiger partial charge is 0.345 e. The number of ether oxygens (including phenoxy) is 1. The molecule has 0 aliphatic rings. The molecule has 2 aromatic carbocycles. The minimum atomic E-state index is -0.610. The monoisotopic (exact) mass is 591 g/mol. The normalized spacial score (nSPS) is 10.9. The molecule has 0 aromatic heterocycles. The Morgan fingerprint density at radius 2 is 1.62 bits per heavy atom. The molecule has 0 unspecified atom stereocenters. The highest BCUT2D eigenvalue weighted by Gasteiger charge is 2.14. The molecule has 0 aliphatic carbocycles. The van der Waals surface area contributed by atoms with Crippen molar-refractivity contribution in [1.29, 1.82) is 0 Å². The van der Waals surface area contributed by atoms with Crippen molar-refractivity contribution in [3.05, 3.63) is 63.1 Å². The first-order valence-corrected chi connectivity index (χ1v) is 13.9. The van der Waals surface area contributed by atoms with E-state index >= 15 is 0 Å². The molecule has 0 bridgehead atoms. The van der Waals surface area contributed by atoms with Crippen molar-refractivity contribution in [3.8, 4) is 5.75 Å². The van der Waals surface area contributed by atoms with E-state index in [-0.39, 0.29) is 28.8 Å². The van der Waals surface area contributed by atoms with Crippen LogP contribution in [0, 0.1) is 0 Å². The van der Waals surface area contributed by atoms with Crippen LogP contribution in [0.3, 0.4) is 0 Å². The van der Waals surface area contributed by atoms with E-state index in [2.05, 4.69) is 38.7 Å². The molecular weight excluding hydrogens is 558 g/mol. The molecule has 7 nitrogen and oxygen atoms in total. The predicted octanol–water partition coefficient (Wildman–Crippen LogP) is 6.81. The Hall–Kier alpha value is -2.71. The zero-order chi connectivity index (χ0) is 26.9. The lowest BCUT2D eigenvalue weighted by molar-refractivity contribution is -0.126. The van der Waals surface area contributed by atoms with Gasteiger partial charge in [0.25, 0.3) is 5.91 Å².